The number of carbonyl (C=O) groups excluding carboxylic acids is 1. The summed E-state index contributed by atoms with van der Waals surface area (Å²) >= 11 is 0. The number of alkyl halides is 1. The number of hydrogen-bond acceptors (Lipinski definition) is 1. The van der Waals surface area contributed by atoms with Gasteiger partial charge in [-0.1, -0.05) is 95.6 Å². The summed E-state index contributed by atoms with van der Waals surface area (Å²) in [5, 5.41) is 2.58. The molecule has 0 spiro atoms. The molecule has 0 aromatic rings. The van der Waals surface area contributed by atoms with Gasteiger partial charge < -0.3 is 5.32 Å². The van der Waals surface area contributed by atoms with Gasteiger partial charge in [0.15, 0.2) is 0 Å². The summed E-state index contributed by atoms with van der Waals surface area (Å²) in [5.74, 6) is -0.125. The normalized spacial score (nSPS) is 14.0. The minimum Gasteiger partial charge on any atom is -0.353 e. The van der Waals surface area contributed by atoms with Crippen LogP contribution in [0.1, 0.15) is 85.5 Å². The molecule has 1 amide bonds. The first-order valence-electron chi connectivity index (χ1n) is 11.4. The van der Waals surface area contributed by atoms with E-state index in [0.29, 0.717) is 5.41 Å². The van der Waals surface area contributed by atoms with Gasteiger partial charge in [-0.05, 0) is 43.9 Å². The summed E-state index contributed by atoms with van der Waals surface area (Å²) in [4.78, 5) is 11.6. The second-order valence-electron chi connectivity index (χ2n) is 8.43. The molecule has 0 aromatic heterocycles. The molecular formula is C26H44FNO. The topological polar surface area (TPSA) is 29.1 Å². The number of hydrogen-bond donors (Lipinski definition) is 1. The Bertz CT molecular complexity index is 517. The predicted octanol–water partition coefficient (Wildman–Crippen LogP) is 7.49. The summed E-state index contributed by atoms with van der Waals surface area (Å²) in [6.07, 6.45) is 27.5. The van der Waals surface area contributed by atoms with Gasteiger partial charge >= 0.3 is 0 Å². The maximum atomic E-state index is 12.0. The average molecular weight is 406 g/mol. The van der Waals surface area contributed by atoms with Crippen LogP contribution in [0.3, 0.4) is 0 Å². The molecule has 1 unspecified atom stereocenters. The summed E-state index contributed by atoms with van der Waals surface area (Å²) in [5.41, 5.74) is 0.311. The molecule has 2 nitrogen and oxygen atoms in total. The molecule has 0 bridgehead atoms. The molecule has 0 fully saturated rings. The van der Waals surface area contributed by atoms with E-state index in [1.165, 1.54) is 25.7 Å². The third-order valence-corrected chi connectivity index (χ3v) is 4.92. The number of nitrogens with one attached hydrogen (secondary N) is 1. The van der Waals surface area contributed by atoms with E-state index < -0.39 is 6.67 Å². The molecule has 0 aliphatic heterocycles. The second kappa shape index (κ2) is 18.4. The summed E-state index contributed by atoms with van der Waals surface area (Å²) < 4.78 is 12.0. The van der Waals surface area contributed by atoms with Gasteiger partial charge in [0.1, 0.15) is 6.67 Å². The van der Waals surface area contributed by atoms with Crippen LogP contribution in [0.4, 0.5) is 4.39 Å². The van der Waals surface area contributed by atoms with Crippen LogP contribution in [0.2, 0.25) is 0 Å². The van der Waals surface area contributed by atoms with Crippen LogP contribution in [0, 0.1) is 11.3 Å². The van der Waals surface area contributed by atoms with Crippen LogP contribution < -0.4 is 5.32 Å². The van der Waals surface area contributed by atoms with Gasteiger partial charge in [-0.25, -0.2) is 4.39 Å². The highest BCUT2D eigenvalue weighted by atomic mass is 19.1. The first kappa shape index (κ1) is 27.4. The summed E-state index contributed by atoms with van der Waals surface area (Å²) in [7, 11) is 0. The lowest BCUT2D eigenvalue weighted by Crippen LogP contribution is -2.30. The van der Waals surface area contributed by atoms with Gasteiger partial charge in [-0.15, -0.1) is 0 Å². The monoisotopic (exact) mass is 405 g/mol. The third-order valence-electron chi connectivity index (χ3n) is 4.92. The van der Waals surface area contributed by atoms with Crippen molar-refractivity contribution in [3.8, 4) is 0 Å². The van der Waals surface area contributed by atoms with E-state index in [0.717, 1.165) is 32.1 Å². The Labute approximate surface area is 179 Å². The number of amides is 1. The van der Waals surface area contributed by atoms with Crippen molar-refractivity contribution in [3.05, 3.63) is 48.6 Å². The van der Waals surface area contributed by atoms with Crippen molar-refractivity contribution in [1.82, 2.24) is 5.32 Å². The van der Waals surface area contributed by atoms with Crippen LogP contribution in [-0.4, -0.2) is 19.1 Å². The Morgan fingerprint density at radius 3 is 2.14 bits per heavy atom. The van der Waals surface area contributed by atoms with Gasteiger partial charge in [0.05, 0.1) is 0 Å². The van der Waals surface area contributed by atoms with Crippen LogP contribution in [-0.2, 0) is 4.79 Å². The molecule has 0 saturated carbocycles. The minimum atomic E-state index is -0.506. The molecule has 0 heterocycles. The maximum absolute atomic E-state index is 12.0. The fourth-order valence-electron chi connectivity index (χ4n) is 2.96. The quantitative estimate of drug-likeness (QED) is 0.197. The van der Waals surface area contributed by atoms with Crippen LogP contribution in [0.25, 0.3) is 0 Å². The van der Waals surface area contributed by atoms with Gasteiger partial charge in [-0.3, -0.25) is 4.79 Å². The number of unbranched alkanes of at least 4 members (excludes halogenated alkanes) is 2. The van der Waals surface area contributed by atoms with E-state index in [1.54, 1.807) is 0 Å². The predicted molar refractivity (Wildman–Crippen MR) is 126 cm³/mol. The molecule has 0 rings (SSSR count). The number of carbonyl (C=O) groups is 1. The fourth-order valence-corrected chi connectivity index (χ4v) is 2.96. The molecule has 3 heteroatoms. The smallest absolute Gasteiger partial charge is 0.222 e. The highest BCUT2D eigenvalue weighted by Crippen LogP contribution is 2.25. The van der Waals surface area contributed by atoms with Crippen molar-refractivity contribution in [2.75, 3.05) is 13.2 Å². The zero-order valence-corrected chi connectivity index (χ0v) is 19.3. The minimum absolute atomic E-state index is 0.0577. The van der Waals surface area contributed by atoms with E-state index in [-0.39, 0.29) is 18.4 Å². The molecule has 0 radical (unpaired) electrons. The van der Waals surface area contributed by atoms with Crippen LogP contribution in [0.15, 0.2) is 48.6 Å². The van der Waals surface area contributed by atoms with Gasteiger partial charge in [0, 0.05) is 12.5 Å². The van der Waals surface area contributed by atoms with Crippen LogP contribution in [0.5, 0.6) is 0 Å². The van der Waals surface area contributed by atoms with Crippen molar-refractivity contribution in [2.45, 2.75) is 85.5 Å². The first-order chi connectivity index (χ1) is 13.9. The number of allylic oxidation sites excluding steroid dienone is 8. The standard InChI is InChI=1S/C26H44FNO/c1-5-6-17-20-26(3,4)21-18-15-13-11-9-7-8-10-12-14-16-19-24(2)25(29)28-23-22-27/h7-8,11-14,18,21,24H,5-6,9-10,15-17,19-20,22-23H2,1-4H3,(H,28,29). The Balaban J connectivity index is 3.78. The lowest BCUT2D eigenvalue weighted by molar-refractivity contribution is -0.124. The molecular weight excluding hydrogens is 361 g/mol. The van der Waals surface area contributed by atoms with Crippen molar-refractivity contribution >= 4 is 5.91 Å². The van der Waals surface area contributed by atoms with Gasteiger partial charge in [0.25, 0.3) is 0 Å². The van der Waals surface area contributed by atoms with Crippen LogP contribution >= 0.6 is 0 Å². The molecule has 1 N–H and O–H groups in total. The zero-order valence-electron chi connectivity index (χ0n) is 19.3. The van der Waals surface area contributed by atoms with Crippen molar-refractivity contribution in [1.29, 1.82) is 0 Å². The number of halogens is 1. The number of rotatable bonds is 17. The van der Waals surface area contributed by atoms with Crippen molar-refractivity contribution in [3.63, 3.8) is 0 Å². The van der Waals surface area contributed by atoms with E-state index in [4.69, 9.17) is 0 Å². The summed E-state index contributed by atoms with van der Waals surface area (Å²) in [6, 6.07) is 0. The molecule has 0 saturated heterocycles. The van der Waals surface area contributed by atoms with Crippen molar-refractivity contribution < 1.29 is 9.18 Å². The van der Waals surface area contributed by atoms with Crippen molar-refractivity contribution in [2.24, 2.45) is 11.3 Å². The maximum Gasteiger partial charge on any atom is 0.222 e. The largest absolute Gasteiger partial charge is 0.353 e. The molecule has 0 aliphatic carbocycles. The van der Waals surface area contributed by atoms with E-state index in [9.17, 15) is 9.18 Å². The lowest BCUT2D eigenvalue weighted by Gasteiger charge is -2.19. The molecule has 166 valence electrons. The molecule has 0 aromatic carbocycles. The lowest BCUT2D eigenvalue weighted by atomic mass is 9.86. The second-order valence-corrected chi connectivity index (χ2v) is 8.43. The van der Waals surface area contributed by atoms with Gasteiger partial charge in [0.2, 0.25) is 5.91 Å². The SMILES string of the molecule is CCCCCC(C)(C)C=CCC=CCC=CCC=CCCC(C)C(=O)NCCF. The first-order valence-corrected chi connectivity index (χ1v) is 11.4. The Hall–Kier alpha value is -1.64. The van der Waals surface area contributed by atoms with E-state index in [2.05, 4.69) is 74.7 Å². The molecule has 0 aliphatic rings. The van der Waals surface area contributed by atoms with E-state index >= 15 is 0 Å². The molecule has 1 atom stereocenters. The highest BCUT2D eigenvalue weighted by Gasteiger charge is 2.12. The molecule has 29 heavy (non-hydrogen) atoms. The fraction of sp³-hybridized carbons (Fsp3) is 0.654. The Morgan fingerprint density at radius 2 is 1.55 bits per heavy atom. The summed E-state index contributed by atoms with van der Waals surface area (Å²) in [6.45, 7) is 8.39. The van der Waals surface area contributed by atoms with Gasteiger partial charge in [-0.2, -0.15) is 0 Å². The Morgan fingerprint density at radius 1 is 0.966 bits per heavy atom. The highest BCUT2D eigenvalue weighted by molar-refractivity contribution is 5.78. The Kier molecular flexibility index (Phi) is 17.4. The van der Waals surface area contributed by atoms with E-state index in [1.807, 2.05) is 6.92 Å². The average Bonchev–Trinajstić information content (AvgIpc) is 2.69. The third kappa shape index (κ3) is 18.1. The zero-order chi connectivity index (χ0) is 21.8.